The van der Waals surface area contributed by atoms with Crippen molar-refractivity contribution in [2.24, 2.45) is 5.92 Å². The summed E-state index contributed by atoms with van der Waals surface area (Å²) in [6.45, 7) is 0.255. The highest BCUT2D eigenvalue weighted by Gasteiger charge is 2.14. The Morgan fingerprint density at radius 2 is 2.55 bits per heavy atom. The second-order valence-electron chi connectivity index (χ2n) is 2.81. The zero-order valence-electron chi connectivity index (χ0n) is 6.36. The molecule has 0 saturated heterocycles. The van der Waals surface area contributed by atoms with E-state index in [1.165, 1.54) is 6.42 Å². The molecule has 0 aromatic rings. The van der Waals surface area contributed by atoms with E-state index in [1.54, 1.807) is 0 Å². The molecule has 4 heteroatoms. The number of nitrogens with zero attached hydrogens (tertiary/aromatic N) is 1. The van der Waals surface area contributed by atoms with Gasteiger partial charge in [-0.15, -0.1) is 10.1 Å². The first-order valence-corrected chi connectivity index (χ1v) is 3.88. The van der Waals surface area contributed by atoms with Crippen LogP contribution in [0.3, 0.4) is 0 Å². The standard InChI is InChI=1S/C7H12NO3/c9-8(10)11-6-5-7-3-1-2-4-7/h1,7H,2-6H2. The Morgan fingerprint density at radius 3 is 3.09 bits per heavy atom. The fourth-order valence-electron chi connectivity index (χ4n) is 1.38. The highest BCUT2D eigenvalue weighted by atomic mass is 16.9. The van der Waals surface area contributed by atoms with Crippen LogP contribution in [0.2, 0.25) is 0 Å². The maximum atomic E-state index is 9.75. The molecule has 4 nitrogen and oxygen atoms in total. The van der Waals surface area contributed by atoms with Crippen molar-refractivity contribution in [2.75, 3.05) is 6.61 Å². The predicted octanol–water partition coefficient (Wildman–Crippen LogP) is 1.59. The molecule has 1 rings (SSSR count). The first kappa shape index (κ1) is 8.30. The van der Waals surface area contributed by atoms with Crippen molar-refractivity contribution in [1.29, 1.82) is 0 Å². The van der Waals surface area contributed by atoms with Crippen molar-refractivity contribution in [1.82, 2.24) is 0 Å². The van der Waals surface area contributed by atoms with Gasteiger partial charge in [-0.05, 0) is 31.6 Å². The van der Waals surface area contributed by atoms with Gasteiger partial charge in [-0.2, -0.15) is 0 Å². The largest absolute Gasteiger partial charge is 0.314 e. The topological polar surface area (TPSA) is 52.4 Å². The minimum absolute atomic E-state index is 0.255. The molecule has 0 bridgehead atoms. The maximum Gasteiger partial charge on any atom is 0.294 e. The Balaban J connectivity index is 1.98. The summed E-state index contributed by atoms with van der Waals surface area (Å²) in [6.07, 6.45) is 6.47. The van der Waals surface area contributed by atoms with Crippen LogP contribution >= 0.6 is 0 Å². The lowest BCUT2D eigenvalue weighted by atomic mass is 10.1. The summed E-state index contributed by atoms with van der Waals surface area (Å²) < 4.78 is 0. The highest BCUT2D eigenvalue weighted by molar-refractivity contribution is 4.79. The second-order valence-corrected chi connectivity index (χ2v) is 2.81. The van der Waals surface area contributed by atoms with Gasteiger partial charge in [-0.25, -0.2) is 0 Å². The first-order valence-electron chi connectivity index (χ1n) is 3.88. The van der Waals surface area contributed by atoms with Crippen LogP contribution < -0.4 is 0 Å². The molecule has 1 saturated carbocycles. The van der Waals surface area contributed by atoms with E-state index in [9.17, 15) is 10.1 Å². The molecule has 0 aromatic carbocycles. The molecule has 63 valence electrons. The monoisotopic (exact) mass is 158 g/mol. The zero-order valence-corrected chi connectivity index (χ0v) is 6.36. The molecule has 1 aliphatic carbocycles. The Kier molecular flexibility index (Phi) is 3.14. The molecule has 0 amide bonds. The molecule has 0 N–H and O–H groups in total. The van der Waals surface area contributed by atoms with E-state index in [0.717, 1.165) is 19.3 Å². The van der Waals surface area contributed by atoms with E-state index >= 15 is 0 Å². The molecule has 0 spiro atoms. The Morgan fingerprint density at radius 1 is 1.73 bits per heavy atom. The summed E-state index contributed by atoms with van der Waals surface area (Å²) in [6, 6.07) is 0. The maximum absolute atomic E-state index is 9.75. The van der Waals surface area contributed by atoms with Gasteiger partial charge < -0.3 is 4.84 Å². The summed E-state index contributed by atoms with van der Waals surface area (Å²) in [5, 5.41) is 9.03. The highest BCUT2D eigenvalue weighted by Crippen LogP contribution is 2.26. The van der Waals surface area contributed by atoms with Crippen molar-refractivity contribution >= 4 is 0 Å². The molecular weight excluding hydrogens is 146 g/mol. The average molecular weight is 158 g/mol. The van der Waals surface area contributed by atoms with Gasteiger partial charge in [0.1, 0.15) is 0 Å². The lowest BCUT2D eigenvalue weighted by Crippen LogP contribution is -2.05. The number of rotatable bonds is 4. The van der Waals surface area contributed by atoms with Gasteiger partial charge >= 0.3 is 0 Å². The van der Waals surface area contributed by atoms with Crippen molar-refractivity contribution in [3.05, 3.63) is 16.5 Å². The lowest BCUT2D eigenvalue weighted by Gasteiger charge is -2.05. The third kappa shape index (κ3) is 3.20. The Bertz CT molecular complexity index is 132. The molecule has 0 aromatic heterocycles. The SMILES string of the molecule is O=[N+]([O-])OCCC1C[CH]CC1. The van der Waals surface area contributed by atoms with Crippen LogP contribution in [-0.2, 0) is 4.84 Å². The summed E-state index contributed by atoms with van der Waals surface area (Å²) >= 11 is 0. The van der Waals surface area contributed by atoms with Gasteiger partial charge in [0.15, 0.2) is 0 Å². The van der Waals surface area contributed by atoms with Crippen molar-refractivity contribution < 1.29 is 9.92 Å². The quantitative estimate of drug-likeness (QED) is 0.461. The van der Waals surface area contributed by atoms with E-state index in [-0.39, 0.29) is 6.61 Å². The Hall–Kier alpha value is -0.800. The van der Waals surface area contributed by atoms with Crippen LogP contribution in [0.15, 0.2) is 0 Å². The normalized spacial score (nSPS) is 18.5. The minimum atomic E-state index is -0.724. The zero-order chi connectivity index (χ0) is 8.10. The Labute approximate surface area is 65.6 Å². The van der Waals surface area contributed by atoms with Crippen LogP contribution in [0.4, 0.5) is 0 Å². The van der Waals surface area contributed by atoms with Gasteiger partial charge in [0.05, 0.1) is 6.61 Å². The van der Waals surface area contributed by atoms with Gasteiger partial charge in [0.25, 0.3) is 5.09 Å². The van der Waals surface area contributed by atoms with Crippen molar-refractivity contribution in [2.45, 2.75) is 25.7 Å². The summed E-state index contributed by atoms with van der Waals surface area (Å²) in [5.74, 6) is 0.620. The molecule has 1 radical (unpaired) electrons. The van der Waals surface area contributed by atoms with Crippen LogP contribution in [0.5, 0.6) is 0 Å². The lowest BCUT2D eigenvalue weighted by molar-refractivity contribution is -0.758. The van der Waals surface area contributed by atoms with Crippen molar-refractivity contribution in [3.8, 4) is 0 Å². The average Bonchev–Trinajstić information content (AvgIpc) is 2.39. The molecule has 1 aliphatic rings. The summed E-state index contributed by atoms with van der Waals surface area (Å²) in [5.41, 5.74) is 0. The third-order valence-corrected chi connectivity index (χ3v) is 2.00. The van der Waals surface area contributed by atoms with Crippen molar-refractivity contribution in [3.63, 3.8) is 0 Å². The van der Waals surface area contributed by atoms with Gasteiger partial charge in [0.2, 0.25) is 0 Å². The van der Waals surface area contributed by atoms with Crippen LogP contribution in [0, 0.1) is 22.5 Å². The molecule has 1 fully saturated rings. The van der Waals surface area contributed by atoms with Gasteiger partial charge in [-0.1, -0.05) is 6.42 Å². The van der Waals surface area contributed by atoms with Crippen LogP contribution in [0.25, 0.3) is 0 Å². The van der Waals surface area contributed by atoms with Gasteiger partial charge in [0, 0.05) is 0 Å². The van der Waals surface area contributed by atoms with E-state index in [2.05, 4.69) is 11.3 Å². The molecule has 1 atom stereocenters. The van der Waals surface area contributed by atoms with Crippen LogP contribution in [-0.4, -0.2) is 11.7 Å². The molecular formula is C7H12NO3. The van der Waals surface area contributed by atoms with E-state index in [0.29, 0.717) is 5.92 Å². The number of hydrogen-bond donors (Lipinski definition) is 0. The smallest absolute Gasteiger partial charge is 0.294 e. The fraction of sp³-hybridized carbons (Fsp3) is 0.857. The van der Waals surface area contributed by atoms with Gasteiger partial charge in [-0.3, -0.25) is 0 Å². The molecule has 0 aliphatic heterocycles. The second kappa shape index (κ2) is 4.16. The minimum Gasteiger partial charge on any atom is -0.314 e. The third-order valence-electron chi connectivity index (χ3n) is 2.00. The van der Waals surface area contributed by atoms with E-state index < -0.39 is 5.09 Å². The fourth-order valence-corrected chi connectivity index (χ4v) is 1.38. The molecule has 1 unspecified atom stereocenters. The number of hydrogen-bond acceptors (Lipinski definition) is 3. The first-order chi connectivity index (χ1) is 5.29. The van der Waals surface area contributed by atoms with E-state index in [4.69, 9.17) is 0 Å². The molecule has 11 heavy (non-hydrogen) atoms. The van der Waals surface area contributed by atoms with Crippen LogP contribution in [0.1, 0.15) is 25.7 Å². The molecule has 0 heterocycles. The van der Waals surface area contributed by atoms with E-state index in [1.807, 2.05) is 0 Å². The summed E-state index contributed by atoms with van der Waals surface area (Å²) in [7, 11) is 0. The summed E-state index contributed by atoms with van der Waals surface area (Å²) in [4.78, 5) is 14.0. The predicted molar refractivity (Wildman–Crippen MR) is 39.2 cm³/mol.